The van der Waals surface area contributed by atoms with E-state index in [0.29, 0.717) is 11.5 Å². The summed E-state index contributed by atoms with van der Waals surface area (Å²) in [4.78, 5) is 12.2. The first kappa shape index (κ1) is 32.5. The molecule has 0 unspecified atom stereocenters. The van der Waals surface area contributed by atoms with Gasteiger partial charge in [-0.3, -0.25) is 0 Å². The Bertz CT molecular complexity index is 2850. The van der Waals surface area contributed by atoms with Gasteiger partial charge in [0.15, 0.2) is 5.84 Å². The van der Waals surface area contributed by atoms with Crippen molar-refractivity contribution in [3.8, 4) is 16.8 Å². The van der Waals surface area contributed by atoms with Crippen molar-refractivity contribution < 1.29 is 0 Å². The van der Waals surface area contributed by atoms with Crippen LogP contribution in [0.4, 0.5) is 0 Å². The minimum atomic E-state index is 0.685. The van der Waals surface area contributed by atoms with Gasteiger partial charge in [-0.15, -0.1) is 11.3 Å². The molecular formula is C50H39N3S. The first-order valence-corrected chi connectivity index (χ1v) is 19.7. The molecule has 0 saturated carbocycles. The predicted molar refractivity (Wildman–Crippen MR) is 230 cm³/mol. The number of hydrogen-bond donors (Lipinski definition) is 0. The van der Waals surface area contributed by atoms with Gasteiger partial charge in [0.1, 0.15) is 0 Å². The summed E-state index contributed by atoms with van der Waals surface area (Å²) in [7, 11) is 0. The predicted octanol–water partition coefficient (Wildman–Crippen LogP) is 12.7. The van der Waals surface area contributed by atoms with Crippen LogP contribution in [-0.4, -0.2) is 16.1 Å². The number of rotatable bonds is 5. The van der Waals surface area contributed by atoms with Crippen molar-refractivity contribution in [2.24, 2.45) is 9.98 Å². The topological polar surface area (TPSA) is 29.6 Å². The summed E-state index contributed by atoms with van der Waals surface area (Å²) >= 11 is 1.85. The molecule has 54 heavy (non-hydrogen) atoms. The van der Waals surface area contributed by atoms with E-state index in [1.165, 1.54) is 64.8 Å². The molecule has 0 spiro atoms. The standard InChI is InChI=1S/C50H39N3S/c1-31-23-26-47-45(27-31)41-19-11-14-34(30-48(41)54-47)32(2)51-50(52-33(3)35-24-25-37-28-36-13-7-8-17-39(36)44(37)29-35)43-21-12-20-42-40-18-9-10-22-46(40)53(49(42)43)38-15-5-4-6-16-38/h4-11,13-18,21-27,29-30H,2,12,19-20,28H2,1,3H3. The lowest BCUT2D eigenvalue weighted by atomic mass is 9.94. The van der Waals surface area contributed by atoms with Crippen LogP contribution in [0.3, 0.4) is 0 Å². The molecule has 0 saturated heterocycles. The van der Waals surface area contributed by atoms with Gasteiger partial charge in [0.25, 0.3) is 0 Å². The third kappa shape index (κ3) is 5.48. The van der Waals surface area contributed by atoms with Gasteiger partial charge in [-0.1, -0.05) is 115 Å². The van der Waals surface area contributed by atoms with Crippen LogP contribution >= 0.6 is 11.3 Å². The largest absolute Gasteiger partial charge is 0.309 e. The molecule has 0 N–H and O–H groups in total. The third-order valence-electron chi connectivity index (χ3n) is 11.2. The van der Waals surface area contributed by atoms with Crippen LogP contribution in [0.15, 0.2) is 161 Å². The molecular weight excluding hydrogens is 675 g/mol. The van der Waals surface area contributed by atoms with Crippen LogP contribution in [0.1, 0.15) is 57.3 Å². The highest BCUT2D eigenvalue weighted by Gasteiger charge is 2.27. The summed E-state index contributed by atoms with van der Waals surface area (Å²) in [5.74, 6) is 0.685. The zero-order valence-corrected chi connectivity index (χ0v) is 31.4. The quantitative estimate of drug-likeness (QED) is 0.126. The van der Waals surface area contributed by atoms with Crippen LogP contribution in [0.25, 0.3) is 49.5 Å². The zero-order chi connectivity index (χ0) is 36.3. The van der Waals surface area contributed by atoms with Crippen LogP contribution in [0.2, 0.25) is 0 Å². The summed E-state index contributed by atoms with van der Waals surface area (Å²) in [5, 5.41) is 2.62. The van der Waals surface area contributed by atoms with Crippen LogP contribution in [0.5, 0.6) is 0 Å². The van der Waals surface area contributed by atoms with Gasteiger partial charge in [-0.25, -0.2) is 9.98 Å². The molecule has 3 aliphatic carbocycles. The molecule has 5 aromatic carbocycles. The average Bonchev–Trinajstić information content (AvgIpc) is 3.80. The van der Waals surface area contributed by atoms with Crippen molar-refractivity contribution in [2.75, 3.05) is 0 Å². The maximum Gasteiger partial charge on any atom is 0.161 e. The molecule has 2 heterocycles. The Morgan fingerprint density at radius 2 is 1.59 bits per heavy atom. The Kier molecular flexibility index (Phi) is 7.89. The monoisotopic (exact) mass is 713 g/mol. The van der Waals surface area contributed by atoms with Crippen molar-refractivity contribution in [1.29, 1.82) is 0 Å². The van der Waals surface area contributed by atoms with Crippen molar-refractivity contribution >= 4 is 55.5 Å². The molecule has 0 atom stereocenters. The molecule has 10 rings (SSSR count). The van der Waals surface area contributed by atoms with Gasteiger partial charge in [-0.05, 0) is 120 Å². The third-order valence-corrected chi connectivity index (χ3v) is 12.3. The van der Waals surface area contributed by atoms with Crippen molar-refractivity contribution in [3.05, 3.63) is 195 Å². The van der Waals surface area contributed by atoms with E-state index in [9.17, 15) is 0 Å². The van der Waals surface area contributed by atoms with Gasteiger partial charge >= 0.3 is 0 Å². The molecule has 0 bridgehead atoms. The number of thiophene rings is 1. The van der Waals surface area contributed by atoms with Crippen molar-refractivity contribution in [3.63, 3.8) is 0 Å². The molecule has 4 heteroatoms. The molecule has 0 aliphatic heterocycles. The average molecular weight is 714 g/mol. The Morgan fingerprint density at radius 3 is 2.50 bits per heavy atom. The molecule has 2 aromatic heterocycles. The Labute approximate surface area is 320 Å². The molecule has 0 amide bonds. The van der Waals surface area contributed by atoms with E-state index >= 15 is 0 Å². The summed E-state index contributed by atoms with van der Waals surface area (Å²) in [6.07, 6.45) is 12.8. The Balaban J connectivity index is 1.14. The van der Waals surface area contributed by atoms with Gasteiger partial charge in [0.05, 0.1) is 16.9 Å². The number of fused-ring (bicyclic) bond motifs is 9. The number of allylic oxidation sites excluding steroid dienone is 3. The van der Waals surface area contributed by atoms with E-state index in [1.54, 1.807) is 0 Å². The Hall–Kier alpha value is -6.10. The molecule has 7 aromatic rings. The minimum absolute atomic E-state index is 0.685. The summed E-state index contributed by atoms with van der Waals surface area (Å²) < 4.78 is 3.72. The zero-order valence-electron chi connectivity index (χ0n) is 30.6. The van der Waals surface area contributed by atoms with Gasteiger partial charge in [0.2, 0.25) is 0 Å². The van der Waals surface area contributed by atoms with E-state index < -0.39 is 0 Å². The lowest BCUT2D eigenvalue weighted by Gasteiger charge is -2.20. The lowest BCUT2D eigenvalue weighted by molar-refractivity contribution is 0.960. The second kappa shape index (κ2) is 13.1. The molecule has 3 aliphatic rings. The maximum absolute atomic E-state index is 5.48. The molecule has 3 nitrogen and oxygen atoms in total. The highest BCUT2D eigenvalue weighted by atomic mass is 32.1. The van der Waals surface area contributed by atoms with Crippen LogP contribution in [0, 0.1) is 6.92 Å². The van der Waals surface area contributed by atoms with E-state index in [4.69, 9.17) is 9.98 Å². The first-order chi connectivity index (χ1) is 26.5. The highest BCUT2D eigenvalue weighted by Crippen LogP contribution is 2.41. The number of nitrogens with zero attached hydrogens (tertiary/aromatic N) is 3. The van der Waals surface area contributed by atoms with E-state index in [-0.39, 0.29) is 0 Å². The second-order valence-electron chi connectivity index (χ2n) is 14.6. The van der Waals surface area contributed by atoms with Gasteiger partial charge < -0.3 is 4.57 Å². The fraction of sp³-hybridized carbons (Fsp3) is 0.120. The maximum atomic E-state index is 5.48. The highest BCUT2D eigenvalue weighted by molar-refractivity contribution is 7.20. The van der Waals surface area contributed by atoms with Crippen molar-refractivity contribution in [1.82, 2.24) is 4.57 Å². The fourth-order valence-corrected chi connectivity index (χ4v) is 9.70. The lowest BCUT2D eigenvalue weighted by Crippen LogP contribution is -2.13. The van der Waals surface area contributed by atoms with Crippen molar-refractivity contribution in [2.45, 2.75) is 39.5 Å². The Morgan fingerprint density at radius 1 is 0.778 bits per heavy atom. The number of benzene rings is 5. The van der Waals surface area contributed by atoms with E-state index in [2.05, 4.69) is 165 Å². The number of hydrogen-bond acceptors (Lipinski definition) is 2. The number of para-hydroxylation sites is 2. The normalized spacial score (nSPS) is 15.0. The number of aliphatic imine (C=N–C) groups is 2. The molecule has 0 radical (unpaired) electrons. The number of amidine groups is 1. The molecule has 0 fully saturated rings. The minimum Gasteiger partial charge on any atom is -0.309 e. The summed E-state index contributed by atoms with van der Waals surface area (Å²) in [6.45, 7) is 8.91. The first-order valence-electron chi connectivity index (χ1n) is 18.8. The van der Waals surface area contributed by atoms with E-state index in [1.807, 2.05) is 11.3 Å². The van der Waals surface area contributed by atoms with Gasteiger partial charge in [-0.2, -0.15) is 0 Å². The number of aromatic nitrogens is 1. The SMILES string of the molecule is C=C(N=C(N=C(C)c1ccc2c(c1)-c1ccccc1C2)C1=CCCc2c1n(-c1ccccc1)c1ccccc21)C1=Cc2sc3ccc(C)cc3c2CC=C1. The van der Waals surface area contributed by atoms with Crippen LogP contribution in [-0.2, 0) is 19.3 Å². The summed E-state index contributed by atoms with van der Waals surface area (Å²) in [6, 6.07) is 41.8. The summed E-state index contributed by atoms with van der Waals surface area (Å²) in [5.41, 5.74) is 17.6. The van der Waals surface area contributed by atoms with Crippen LogP contribution < -0.4 is 0 Å². The smallest absolute Gasteiger partial charge is 0.161 e. The van der Waals surface area contributed by atoms with Gasteiger partial charge in [0, 0.05) is 37.5 Å². The van der Waals surface area contributed by atoms with E-state index in [0.717, 1.165) is 59.5 Å². The number of aryl methyl sites for hydroxylation is 2. The molecule has 260 valence electrons. The second-order valence-corrected chi connectivity index (χ2v) is 15.7. The fourth-order valence-electron chi connectivity index (χ4n) is 8.53.